The van der Waals surface area contributed by atoms with Crippen LogP contribution in [0.4, 0.5) is 13.2 Å². The standard InChI is InChI=1S/C24H25F3N2O.H2/c25-24(26,27)21-14-17(6-7-19(21)15-28)8-11-23(30,20-4-2-1-3-5-20)22-16-29-12-9-18(22)10-13-29;/h1-7,14,18,22,30H,8-13,16H2;1H. The van der Waals surface area contributed by atoms with Crippen molar-refractivity contribution < 1.29 is 19.7 Å². The molecular formula is C24H27F3N2O. The van der Waals surface area contributed by atoms with Crippen LogP contribution < -0.4 is 0 Å². The van der Waals surface area contributed by atoms with Gasteiger partial charge in [-0.1, -0.05) is 36.4 Å². The molecule has 3 aliphatic heterocycles. The molecule has 3 saturated heterocycles. The summed E-state index contributed by atoms with van der Waals surface area (Å²) >= 11 is 0. The predicted octanol–water partition coefficient (Wildman–Crippen LogP) is 4.99. The number of hydrogen-bond acceptors (Lipinski definition) is 3. The number of aryl methyl sites for hydroxylation is 1. The Bertz CT molecular complexity index is 936. The van der Waals surface area contributed by atoms with Gasteiger partial charge in [0.15, 0.2) is 0 Å². The SMILES string of the molecule is N#Cc1ccc(CCC(O)(c2ccccc2)C2CN3CCC2CC3)cc1C(F)(F)F.[HH]. The molecule has 3 fully saturated rings. The largest absolute Gasteiger partial charge is 0.417 e. The Kier molecular flexibility index (Phi) is 5.61. The molecule has 1 N–H and O–H groups in total. The third-order valence-electron chi connectivity index (χ3n) is 6.85. The zero-order valence-corrected chi connectivity index (χ0v) is 16.7. The van der Waals surface area contributed by atoms with Crippen molar-refractivity contribution in [3.63, 3.8) is 0 Å². The first-order chi connectivity index (χ1) is 14.3. The fraction of sp³-hybridized carbons (Fsp3) is 0.458. The number of piperidine rings is 3. The molecule has 5 rings (SSSR count). The molecule has 2 atom stereocenters. The van der Waals surface area contributed by atoms with E-state index in [1.54, 1.807) is 12.1 Å². The van der Waals surface area contributed by atoms with Gasteiger partial charge in [0.2, 0.25) is 0 Å². The molecule has 0 radical (unpaired) electrons. The van der Waals surface area contributed by atoms with Crippen molar-refractivity contribution in [1.29, 1.82) is 5.26 Å². The van der Waals surface area contributed by atoms with Gasteiger partial charge in [0.1, 0.15) is 0 Å². The Hall–Kier alpha value is -2.36. The van der Waals surface area contributed by atoms with Gasteiger partial charge in [-0.2, -0.15) is 18.4 Å². The molecule has 0 spiro atoms. The van der Waals surface area contributed by atoms with Gasteiger partial charge in [-0.3, -0.25) is 0 Å². The maximum Gasteiger partial charge on any atom is 0.417 e. The van der Waals surface area contributed by atoms with E-state index < -0.39 is 17.3 Å². The summed E-state index contributed by atoms with van der Waals surface area (Å²) in [7, 11) is 0. The summed E-state index contributed by atoms with van der Waals surface area (Å²) in [5.74, 6) is 0.481. The van der Waals surface area contributed by atoms with E-state index in [1.807, 2.05) is 30.3 Å². The van der Waals surface area contributed by atoms with Gasteiger partial charge in [0.05, 0.1) is 22.8 Å². The first kappa shape index (κ1) is 20.9. The summed E-state index contributed by atoms with van der Waals surface area (Å²) in [6.07, 6.45) is -1.82. The third-order valence-corrected chi connectivity index (χ3v) is 6.85. The lowest BCUT2D eigenvalue weighted by molar-refractivity contribution is -0.137. The highest BCUT2D eigenvalue weighted by molar-refractivity contribution is 5.42. The maximum absolute atomic E-state index is 13.3. The molecule has 30 heavy (non-hydrogen) atoms. The van der Waals surface area contributed by atoms with E-state index in [4.69, 9.17) is 5.26 Å². The molecule has 2 aromatic rings. The van der Waals surface area contributed by atoms with Crippen LogP contribution in [0.25, 0.3) is 0 Å². The van der Waals surface area contributed by atoms with E-state index >= 15 is 0 Å². The Morgan fingerprint density at radius 3 is 2.37 bits per heavy atom. The molecular weight excluding hydrogens is 389 g/mol. The topological polar surface area (TPSA) is 47.3 Å². The smallest absolute Gasteiger partial charge is 0.385 e. The quantitative estimate of drug-likeness (QED) is 0.747. The van der Waals surface area contributed by atoms with Crippen LogP contribution in [0.5, 0.6) is 0 Å². The van der Waals surface area contributed by atoms with Crippen LogP contribution in [-0.4, -0.2) is 29.6 Å². The Labute approximate surface area is 176 Å². The van der Waals surface area contributed by atoms with Crippen LogP contribution in [0.15, 0.2) is 48.5 Å². The molecule has 2 bridgehead atoms. The second kappa shape index (κ2) is 8.05. The second-order valence-corrected chi connectivity index (χ2v) is 8.52. The first-order valence-corrected chi connectivity index (χ1v) is 10.4. The normalized spacial score (nSPS) is 25.5. The van der Waals surface area contributed by atoms with Gasteiger partial charge in [0.25, 0.3) is 0 Å². The van der Waals surface area contributed by atoms with Crippen molar-refractivity contribution in [3.8, 4) is 6.07 Å². The summed E-state index contributed by atoms with van der Waals surface area (Å²) in [6, 6.07) is 15.0. The molecule has 0 aromatic heterocycles. The molecule has 0 aliphatic carbocycles. The number of rotatable bonds is 5. The summed E-state index contributed by atoms with van der Waals surface area (Å²) in [5.41, 5.74) is -1.07. The van der Waals surface area contributed by atoms with Gasteiger partial charge in [-0.25, -0.2) is 0 Å². The Morgan fingerprint density at radius 1 is 1.10 bits per heavy atom. The maximum atomic E-state index is 13.3. The fourth-order valence-electron chi connectivity index (χ4n) is 5.19. The second-order valence-electron chi connectivity index (χ2n) is 8.52. The van der Waals surface area contributed by atoms with Crippen molar-refractivity contribution in [1.82, 2.24) is 4.90 Å². The molecule has 0 saturated carbocycles. The van der Waals surface area contributed by atoms with E-state index in [1.165, 1.54) is 6.07 Å². The van der Waals surface area contributed by atoms with Gasteiger partial charge in [-0.15, -0.1) is 0 Å². The van der Waals surface area contributed by atoms with Gasteiger partial charge in [-0.05, 0) is 68.0 Å². The van der Waals surface area contributed by atoms with Crippen molar-refractivity contribution in [2.45, 2.75) is 37.5 Å². The van der Waals surface area contributed by atoms with Crippen LogP contribution in [0.1, 0.15) is 42.9 Å². The summed E-state index contributed by atoms with van der Waals surface area (Å²) in [5, 5.41) is 20.9. The number of nitrogens with zero attached hydrogens (tertiary/aromatic N) is 2. The third kappa shape index (κ3) is 3.97. The van der Waals surface area contributed by atoms with Crippen LogP contribution in [0, 0.1) is 23.2 Å². The van der Waals surface area contributed by atoms with Crippen molar-refractivity contribution in [2.75, 3.05) is 19.6 Å². The predicted molar refractivity (Wildman–Crippen MR) is 110 cm³/mol. The van der Waals surface area contributed by atoms with Crippen molar-refractivity contribution in [2.24, 2.45) is 11.8 Å². The molecule has 3 heterocycles. The average Bonchev–Trinajstić information content (AvgIpc) is 2.78. The lowest BCUT2D eigenvalue weighted by Crippen LogP contribution is -2.55. The van der Waals surface area contributed by atoms with E-state index in [0.717, 1.165) is 44.1 Å². The van der Waals surface area contributed by atoms with Gasteiger partial charge >= 0.3 is 6.18 Å². The summed E-state index contributed by atoms with van der Waals surface area (Å²) < 4.78 is 40.0. The van der Waals surface area contributed by atoms with Crippen molar-refractivity contribution in [3.05, 3.63) is 70.8 Å². The zero-order valence-electron chi connectivity index (χ0n) is 16.7. The molecule has 160 valence electrons. The number of nitriles is 1. The number of benzene rings is 2. The highest BCUT2D eigenvalue weighted by atomic mass is 19.4. The number of alkyl halides is 3. The average molecular weight is 416 g/mol. The lowest BCUT2D eigenvalue weighted by atomic mass is 9.66. The number of hydrogen-bond donors (Lipinski definition) is 1. The highest BCUT2D eigenvalue weighted by Gasteiger charge is 2.47. The Balaban J connectivity index is 0.00000272. The minimum atomic E-state index is -4.58. The molecule has 2 unspecified atom stereocenters. The first-order valence-electron chi connectivity index (χ1n) is 10.4. The zero-order chi connectivity index (χ0) is 21.4. The minimum absolute atomic E-state index is 0. The molecule has 3 aliphatic rings. The lowest BCUT2D eigenvalue weighted by Gasteiger charge is -2.51. The molecule has 3 nitrogen and oxygen atoms in total. The fourth-order valence-corrected chi connectivity index (χ4v) is 5.19. The molecule has 0 amide bonds. The van der Waals surface area contributed by atoms with Gasteiger partial charge in [0, 0.05) is 13.9 Å². The Morgan fingerprint density at radius 2 is 1.80 bits per heavy atom. The van der Waals surface area contributed by atoms with Crippen LogP contribution >= 0.6 is 0 Å². The minimum Gasteiger partial charge on any atom is -0.385 e. The van der Waals surface area contributed by atoms with Crippen LogP contribution in [0.3, 0.4) is 0 Å². The van der Waals surface area contributed by atoms with Gasteiger partial charge < -0.3 is 10.0 Å². The van der Waals surface area contributed by atoms with Crippen molar-refractivity contribution >= 4 is 0 Å². The van der Waals surface area contributed by atoms with E-state index in [-0.39, 0.29) is 12.9 Å². The summed E-state index contributed by atoms with van der Waals surface area (Å²) in [4.78, 5) is 2.38. The van der Waals surface area contributed by atoms with E-state index in [9.17, 15) is 18.3 Å². The number of aliphatic hydroxyl groups is 1. The van der Waals surface area contributed by atoms with E-state index in [0.29, 0.717) is 24.3 Å². The highest BCUT2D eigenvalue weighted by Crippen LogP contribution is 2.46. The van der Waals surface area contributed by atoms with Crippen LogP contribution in [-0.2, 0) is 18.2 Å². The molecule has 2 aromatic carbocycles. The molecule has 6 heteroatoms. The van der Waals surface area contributed by atoms with E-state index in [2.05, 4.69) is 4.90 Å². The number of fused-ring (bicyclic) bond motifs is 3. The number of halogens is 3. The van der Waals surface area contributed by atoms with Crippen LogP contribution in [0.2, 0.25) is 0 Å². The monoisotopic (exact) mass is 416 g/mol. The summed E-state index contributed by atoms with van der Waals surface area (Å²) in [6.45, 7) is 2.92.